The predicted molar refractivity (Wildman–Crippen MR) is 74.6 cm³/mol. The third-order valence-electron chi connectivity index (χ3n) is 2.52. The summed E-state index contributed by atoms with van der Waals surface area (Å²) in [5, 5.41) is 4.63. The molecular formula is C12H16N2O3S2. The molecule has 0 aliphatic heterocycles. The first-order valence-corrected chi connectivity index (χ1v) is 8.14. The fourth-order valence-corrected chi connectivity index (χ4v) is 3.88. The summed E-state index contributed by atoms with van der Waals surface area (Å²) in [4.78, 5) is 1.28. The Morgan fingerprint density at radius 3 is 2.74 bits per heavy atom. The van der Waals surface area contributed by atoms with Crippen LogP contribution in [-0.4, -0.2) is 15.5 Å². The molecule has 0 bridgehead atoms. The fraction of sp³-hybridized carbons (Fsp3) is 0.333. The normalized spacial score (nSPS) is 11.9. The van der Waals surface area contributed by atoms with Crippen molar-refractivity contribution in [2.45, 2.75) is 24.9 Å². The molecule has 0 atom stereocenters. The maximum absolute atomic E-state index is 12.1. The zero-order chi connectivity index (χ0) is 13.9. The van der Waals surface area contributed by atoms with Crippen molar-refractivity contribution in [3.63, 3.8) is 0 Å². The van der Waals surface area contributed by atoms with Crippen LogP contribution in [0.4, 0.5) is 0 Å². The van der Waals surface area contributed by atoms with E-state index in [1.807, 2.05) is 14.0 Å². The molecule has 19 heavy (non-hydrogen) atoms. The highest BCUT2D eigenvalue weighted by atomic mass is 32.2. The maximum atomic E-state index is 12.1. The van der Waals surface area contributed by atoms with Crippen molar-refractivity contribution in [2.24, 2.45) is 0 Å². The van der Waals surface area contributed by atoms with E-state index in [2.05, 4.69) is 10.0 Å². The molecule has 2 aromatic heterocycles. The highest BCUT2D eigenvalue weighted by Gasteiger charge is 2.16. The number of thiophene rings is 1. The number of sulfonamides is 1. The lowest BCUT2D eigenvalue weighted by Crippen LogP contribution is -2.22. The van der Waals surface area contributed by atoms with Gasteiger partial charge in [0.2, 0.25) is 10.0 Å². The summed E-state index contributed by atoms with van der Waals surface area (Å²) < 4.78 is 32.0. The van der Waals surface area contributed by atoms with Crippen molar-refractivity contribution in [3.8, 4) is 0 Å². The zero-order valence-corrected chi connectivity index (χ0v) is 12.4. The van der Waals surface area contributed by atoms with Gasteiger partial charge in [-0.25, -0.2) is 13.1 Å². The van der Waals surface area contributed by atoms with Crippen LogP contribution in [0.25, 0.3) is 0 Å². The lowest BCUT2D eigenvalue weighted by Gasteiger charge is -2.02. The molecule has 5 nitrogen and oxygen atoms in total. The molecule has 0 aliphatic carbocycles. The van der Waals surface area contributed by atoms with Gasteiger partial charge in [-0.15, -0.1) is 11.3 Å². The van der Waals surface area contributed by atoms with Gasteiger partial charge < -0.3 is 9.73 Å². The van der Waals surface area contributed by atoms with Crippen LogP contribution in [0, 0.1) is 6.92 Å². The Labute approximate surface area is 116 Å². The standard InChI is InChI=1S/C12H16N2O3S2/c1-9-3-4-10(17-9)6-14-19(15,16)12-5-11(7-13-2)18-8-12/h3-5,8,13-14H,6-7H2,1-2H3. The van der Waals surface area contributed by atoms with Gasteiger partial charge in [0.15, 0.2) is 0 Å². The molecule has 0 saturated carbocycles. The maximum Gasteiger partial charge on any atom is 0.241 e. The summed E-state index contributed by atoms with van der Waals surface area (Å²) in [6.45, 7) is 2.64. The largest absolute Gasteiger partial charge is 0.465 e. The van der Waals surface area contributed by atoms with E-state index in [0.717, 1.165) is 10.6 Å². The van der Waals surface area contributed by atoms with Crippen LogP contribution in [0.15, 0.2) is 32.9 Å². The minimum absolute atomic E-state index is 0.160. The molecule has 0 fully saturated rings. The molecule has 2 N–H and O–H groups in total. The second-order valence-corrected chi connectivity index (χ2v) is 6.88. The molecular weight excluding hydrogens is 284 g/mol. The zero-order valence-electron chi connectivity index (χ0n) is 10.8. The van der Waals surface area contributed by atoms with Crippen LogP contribution in [-0.2, 0) is 23.1 Å². The molecule has 2 heterocycles. The van der Waals surface area contributed by atoms with Crippen LogP contribution in [0.3, 0.4) is 0 Å². The fourth-order valence-electron chi connectivity index (χ4n) is 1.60. The van der Waals surface area contributed by atoms with Crippen LogP contribution in [0.2, 0.25) is 0 Å². The molecule has 104 valence electrons. The molecule has 0 aromatic carbocycles. The Bertz CT molecular complexity index is 643. The van der Waals surface area contributed by atoms with Crippen molar-refractivity contribution in [1.82, 2.24) is 10.0 Å². The highest BCUT2D eigenvalue weighted by molar-refractivity contribution is 7.89. The number of hydrogen-bond acceptors (Lipinski definition) is 5. The van der Waals surface area contributed by atoms with Crippen LogP contribution >= 0.6 is 11.3 Å². The SMILES string of the molecule is CNCc1cc(S(=O)(=O)NCc2ccc(C)o2)cs1. The monoisotopic (exact) mass is 300 g/mol. The highest BCUT2D eigenvalue weighted by Crippen LogP contribution is 2.19. The van der Waals surface area contributed by atoms with Gasteiger partial charge in [0.1, 0.15) is 11.5 Å². The number of rotatable bonds is 6. The van der Waals surface area contributed by atoms with E-state index in [1.165, 1.54) is 11.3 Å². The van der Waals surface area contributed by atoms with Crippen molar-refractivity contribution < 1.29 is 12.8 Å². The summed E-state index contributed by atoms with van der Waals surface area (Å²) >= 11 is 1.42. The van der Waals surface area contributed by atoms with Gasteiger partial charge >= 0.3 is 0 Å². The number of furan rings is 1. The Kier molecular flexibility index (Phi) is 4.41. The third-order valence-corrected chi connectivity index (χ3v) is 4.99. The van der Waals surface area contributed by atoms with Gasteiger partial charge in [-0.05, 0) is 32.2 Å². The summed E-state index contributed by atoms with van der Waals surface area (Å²) in [6.07, 6.45) is 0. The van der Waals surface area contributed by atoms with E-state index in [0.29, 0.717) is 17.2 Å². The van der Waals surface area contributed by atoms with Gasteiger partial charge in [-0.1, -0.05) is 0 Å². The van der Waals surface area contributed by atoms with E-state index in [4.69, 9.17) is 4.42 Å². The lowest BCUT2D eigenvalue weighted by atomic mass is 10.4. The van der Waals surface area contributed by atoms with Crippen LogP contribution < -0.4 is 10.0 Å². The summed E-state index contributed by atoms with van der Waals surface area (Å²) in [6, 6.07) is 5.24. The first-order valence-electron chi connectivity index (χ1n) is 5.78. The Hall–Kier alpha value is -1.15. The van der Waals surface area contributed by atoms with E-state index in [1.54, 1.807) is 23.6 Å². The first-order chi connectivity index (χ1) is 9.01. The van der Waals surface area contributed by atoms with Crippen molar-refractivity contribution >= 4 is 21.4 Å². The third kappa shape index (κ3) is 3.66. The molecule has 0 saturated heterocycles. The number of aryl methyl sites for hydroxylation is 1. The average molecular weight is 300 g/mol. The molecule has 0 unspecified atom stereocenters. The smallest absolute Gasteiger partial charge is 0.241 e. The number of hydrogen-bond donors (Lipinski definition) is 2. The lowest BCUT2D eigenvalue weighted by molar-refractivity contribution is 0.475. The average Bonchev–Trinajstić information content (AvgIpc) is 2.97. The van der Waals surface area contributed by atoms with Crippen molar-refractivity contribution in [3.05, 3.63) is 40.0 Å². The second kappa shape index (κ2) is 5.87. The predicted octanol–water partition coefficient (Wildman–Crippen LogP) is 1.85. The van der Waals surface area contributed by atoms with E-state index < -0.39 is 10.0 Å². The quantitative estimate of drug-likeness (QED) is 0.854. The topological polar surface area (TPSA) is 71.3 Å². The molecule has 0 spiro atoms. The molecule has 2 aromatic rings. The van der Waals surface area contributed by atoms with Gasteiger partial charge in [0, 0.05) is 16.8 Å². The van der Waals surface area contributed by atoms with Crippen LogP contribution in [0.5, 0.6) is 0 Å². The van der Waals surface area contributed by atoms with Crippen LogP contribution in [0.1, 0.15) is 16.4 Å². The molecule has 7 heteroatoms. The van der Waals surface area contributed by atoms with Gasteiger partial charge in [-0.3, -0.25) is 0 Å². The minimum Gasteiger partial charge on any atom is -0.465 e. The molecule has 0 amide bonds. The summed E-state index contributed by atoms with van der Waals surface area (Å²) in [5.41, 5.74) is 0. The van der Waals surface area contributed by atoms with Gasteiger partial charge in [0.05, 0.1) is 11.4 Å². The molecule has 0 aliphatic rings. The Morgan fingerprint density at radius 1 is 1.32 bits per heavy atom. The van der Waals surface area contributed by atoms with E-state index in [-0.39, 0.29) is 6.54 Å². The first kappa shape index (κ1) is 14.3. The summed E-state index contributed by atoms with van der Waals surface area (Å²) in [7, 11) is -1.65. The Morgan fingerprint density at radius 2 is 2.11 bits per heavy atom. The van der Waals surface area contributed by atoms with E-state index in [9.17, 15) is 8.42 Å². The Balaban J connectivity index is 2.04. The van der Waals surface area contributed by atoms with E-state index >= 15 is 0 Å². The molecule has 2 rings (SSSR count). The molecule has 0 radical (unpaired) electrons. The minimum atomic E-state index is -3.47. The second-order valence-electron chi connectivity index (χ2n) is 4.12. The van der Waals surface area contributed by atoms with Gasteiger partial charge in [0.25, 0.3) is 0 Å². The van der Waals surface area contributed by atoms with Crippen molar-refractivity contribution in [2.75, 3.05) is 7.05 Å². The summed E-state index contributed by atoms with van der Waals surface area (Å²) in [5.74, 6) is 1.37. The number of nitrogens with one attached hydrogen (secondary N) is 2. The van der Waals surface area contributed by atoms with Gasteiger partial charge in [-0.2, -0.15) is 0 Å². The van der Waals surface area contributed by atoms with Crippen molar-refractivity contribution in [1.29, 1.82) is 0 Å².